The Bertz CT molecular complexity index is 512. The van der Waals surface area contributed by atoms with Crippen LogP contribution in [0.2, 0.25) is 0 Å². The van der Waals surface area contributed by atoms with Crippen LogP contribution in [0.5, 0.6) is 0 Å². The van der Waals surface area contributed by atoms with E-state index in [1.807, 2.05) is 39.8 Å². The Morgan fingerprint density at radius 1 is 1.15 bits per heavy atom. The van der Waals surface area contributed by atoms with E-state index in [0.717, 1.165) is 18.4 Å². The lowest BCUT2D eigenvalue weighted by Crippen LogP contribution is -2.33. The molecular formula is C15H26N2O2S. The predicted octanol–water partition coefficient (Wildman–Crippen LogP) is 2.65. The van der Waals surface area contributed by atoms with Gasteiger partial charge in [-0.1, -0.05) is 45.4 Å². The summed E-state index contributed by atoms with van der Waals surface area (Å²) in [6, 6.07) is 7.42. The Kier molecular flexibility index (Phi) is 6.65. The molecule has 0 saturated carbocycles. The molecule has 0 heterocycles. The summed E-state index contributed by atoms with van der Waals surface area (Å²) in [6.07, 6.45) is 1.80. The Morgan fingerprint density at radius 3 is 2.40 bits per heavy atom. The number of nitrogens with one attached hydrogen (secondary N) is 2. The highest BCUT2D eigenvalue weighted by Crippen LogP contribution is 2.16. The molecule has 0 radical (unpaired) electrons. The lowest BCUT2D eigenvalue weighted by Gasteiger charge is -2.16. The maximum Gasteiger partial charge on any atom is 0.241 e. The van der Waals surface area contributed by atoms with E-state index in [-0.39, 0.29) is 6.04 Å². The number of benzene rings is 1. The van der Waals surface area contributed by atoms with E-state index in [9.17, 15) is 8.42 Å². The van der Waals surface area contributed by atoms with Gasteiger partial charge in [0.25, 0.3) is 0 Å². The molecule has 0 spiro atoms. The zero-order chi connectivity index (χ0) is 15.2. The molecule has 20 heavy (non-hydrogen) atoms. The van der Waals surface area contributed by atoms with Crippen LogP contribution >= 0.6 is 0 Å². The maximum absolute atomic E-state index is 12.4. The molecule has 0 saturated heterocycles. The second-order valence-electron chi connectivity index (χ2n) is 5.45. The average molecular weight is 298 g/mol. The van der Waals surface area contributed by atoms with Gasteiger partial charge in [-0.3, -0.25) is 0 Å². The van der Waals surface area contributed by atoms with Crippen LogP contribution in [0.4, 0.5) is 0 Å². The van der Waals surface area contributed by atoms with Gasteiger partial charge < -0.3 is 5.32 Å². The van der Waals surface area contributed by atoms with Crippen molar-refractivity contribution in [2.24, 2.45) is 0 Å². The Labute approximate surface area is 123 Å². The highest BCUT2D eigenvalue weighted by atomic mass is 32.2. The monoisotopic (exact) mass is 298 g/mol. The topological polar surface area (TPSA) is 58.2 Å². The molecule has 114 valence electrons. The predicted molar refractivity (Wildman–Crippen MR) is 83.1 cm³/mol. The minimum atomic E-state index is -3.45. The summed E-state index contributed by atoms with van der Waals surface area (Å²) in [5.41, 5.74) is 0.803. The van der Waals surface area contributed by atoms with Crippen LogP contribution in [0.3, 0.4) is 0 Å². The Morgan fingerprint density at radius 2 is 1.80 bits per heavy atom. The van der Waals surface area contributed by atoms with Gasteiger partial charge in [0, 0.05) is 18.6 Å². The summed E-state index contributed by atoms with van der Waals surface area (Å²) in [5.74, 6) is 0. The largest absolute Gasteiger partial charge is 0.310 e. The molecule has 1 aromatic rings. The fourth-order valence-corrected chi connectivity index (χ4v) is 3.56. The Balaban J connectivity index is 2.93. The normalized spacial score (nSPS) is 13.7. The first-order valence-electron chi connectivity index (χ1n) is 7.20. The molecule has 0 bridgehead atoms. The molecule has 0 fully saturated rings. The van der Waals surface area contributed by atoms with Crippen LogP contribution in [0.15, 0.2) is 29.2 Å². The molecule has 0 aromatic heterocycles. The summed E-state index contributed by atoms with van der Waals surface area (Å²) in [7, 11) is -3.45. The molecule has 4 nitrogen and oxygen atoms in total. The van der Waals surface area contributed by atoms with Gasteiger partial charge in [0.2, 0.25) is 10.0 Å². The molecule has 1 aromatic carbocycles. The van der Waals surface area contributed by atoms with Gasteiger partial charge in [-0.05, 0) is 25.0 Å². The minimum absolute atomic E-state index is 0.0453. The summed E-state index contributed by atoms with van der Waals surface area (Å²) >= 11 is 0. The van der Waals surface area contributed by atoms with Gasteiger partial charge >= 0.3 is 0 Å². The van der Waals surface area contributed by atoms with Crippen LogP contribution in [0, 0.1) is 0 Å². The van der Waals surface area contributed by atoms with Crippen molar-refractivity contribution in [3.63, 3.8) is 0 Å². The van der Waals surface area contributed by atoms with Crippen LogP contribution in [0.25, 0.3) is 0 Å². The lowest BCUT2D eigenvalue weighted by molar-refractivity contribution is 0.539. The average Bonchev–Trinajstić information content (AvgIpc) is 2.36. The van der Waals surface area contributed by atoms with Crippen molar-refractivity contribution in [1.82, 2.24) is 10.0 Å². The van der Waals surface area contributed by atoms with Crippen molar-refractivity contribution >= 4 is 10.0 Å². The third kappa shape index (κ3) is 5.23. The van der Waals surface area contributed by atoms with E-state index < -0.39 is 10.0 Å². The van der Waals surface area contributed by atoms with Crippen LogP contribution in [-0.4, -0.2) is 20.5 Å². The van der Waals surface area contributed by atoms with E-state index in [2.05, 4.69) is 10.0 Å². The number of hydrogen-bond acceptors (Lipinski definition) is 3. The molecular weight excluding hydrogens is 272 g/mol. The first kappa shape index (κ1) is 17.1. The number of sulfonamides is 1. The molecule has 0 aliphatic rings. The highest BCUT2D eigenvalue weighted by Gasteiger charge is 2.20. The molecule has 5 heteroatoms. The minimum Gasteiger partial charge on any atom is -0.310 e. The molecule has 0 aliphatic heterocycles. The molecule has 1 unspecified atom stereocenters. The first-order chi connectivity index (χ1) is 9.36. The van der Waals surface area contributed by atoms with Crippen molar-refractivity contribution in [1.29, 1.82) is 0 Å². The van der Waals surface area contributed by atoms with E-state index in [0.29, 0.717) is 17.5 Å². The Hall–Kier alpha value is -0.910. The van der Waals surface area contributed by atoms with E-state index >= 15 is 0 Å². The van der Waals surface area contributed by atoms with Crippen molar-refractivity contribution in [3.8, 4) is 0 Å². The quantitative estimate of drug-likeness (QED) is 0.775. The highest BCUT2D eigenvalue weighted by molar-refractivity contribution is 7.89. The molecule has 1 atom stereocenters. The van der Waals surface area contributed by atoms with Gasteiger partial charge in [-0.2, -0.15) is 0 Å². The van der Waals surface area contributed by atoms with Crippen molar-refractivity contribution < 1.29 is 8.42 Å². The number of hydrogen-bond donors (Lipinski definition) is 2. The summed E-state index contributed by atoms with van der Waals surface area (Å²) < 4.78 is 27.6. The first-order valence-corrected chi connectivity index (χ1v) is 8.68. The number of rotatable bonds is 8. The smallest absolute Gasteiger partial charge is 0.241 e. The standard InChI is InChI=1S/C15H26N2O2S/c1-5-8-13(4)17-20(18,19)15-10-7-6-9-14(15)11-16-12(2)3/h6-7,9-10,12-13,16-17H,5,8,11H2,1-4H3. The van der Waals surface area contributed by atoms with Gasteiger partial charge in [-0.15, -0.1) is 0 Å². The van der Waals surface area contributed by atoms with E-state index in [4.69, 9.17) is 0 Å². The molecule has 2 N–H and O–H groups in total. The van der Waals surface area contributed by atoms with Crippen LogP contribution < -0.4 is 10.0 Å². The molecule has 0 aliphatic carbocycles. The SMILES string of the molecule is CCCC(C)NS(=O)(=O)c1ccccc1CNC(C)C. The molecule has 1 rings (SSSR count). The third-order valence-corrected chi connectivity index (χ3v) is 4.73. The van der Waals surface area contributed by atoms with E-state index in [1.165, 1.54) is 0 Å². The maximum atomic E-state index is 12.4. The summed E-state index contributed by atoms with van der Waals surface area (Å²) in [6.45, 7) is 8.58. The van der Waals surface area contributed by atoms with E-state index in [1.54, 1.807) is 12.1 Å². The molecule has 0 amide bonds. The van der Waals surface area contributed by atoms with Crippen molar-refractivity contribution in [2.45, 2.75) is 64.1 Å². The van der Waals surface area contributed by atoms with Crippen LogP contribution in [-0.2, 0) is 16.6 Å². The fourth-order valence-electron chi connectivity index (χ4n) is 2.05. The third-order valence-electron chi connectivity index (χ3n) is 3.04. The summed E-state index contributed by atoms with van der Waals surface area (Å²) in [4.78, 5) is 0.371. The van der Waals surface area contributed by atoms with Gasteiger partial charge in [-0.25, -0.2) is 13.1 Å². The summed E-state index contributed by atoms with van der Waals surface area (Å²) in [5, 5.41) is 3.26. The van der Waals surface area contributed by atoms with Gasteiger partial charge in [0.05, 0.1) is 4.90 Å². The zero-order valence-electron chi connectivity index (χ0n) is 12.8. The second kappa shape index (κ2) is 7.76. The fraction of sp³-hybridized carbons (Fsp3) is 0.600. The lowest BCUT2D eigenvalue weighted by atomic mass is 10.2. The van der Waals surface area contributed by atoms with Gasteiger partial charge in [0.1, 0.15) is 0 Å². The van der Waals surface area contributed by atoms with Crippen molar-refractivity contribution in [2.75, 3.05) is 0 Å². The second-order valence-corrected chi connectivity index (χ2v) is 7.14. The zero-order valence-corrected chi connectivity index (χ0v) is 13.6. The van der Waals surface area contributed by atoms with Gasteiger partial charge in [0.15, 0.2) is 0 Å². The van der Waals surface area contributed by atoms with Crippen molar-refractivity contribution in [3.05, 3.63) is 29.8 Å². The van der Waals surface area contributed by atoms with Crippen LogP contribution in [0.1, 0.15) is 46.1 Å².